The second kappa shape index (κ2) is 8.24. The largest absolute Gasteiger partial charge is 0.494 e. The van der Waals surface area contributed by atoms with Crippen molar-refractivity contribution in [3.05, 3.63) is 30.0 Å². The number of carbonyl (C=O) groups excluding carboxylic acids is 1. The van der Waals surface area contributed by atoms with E-state index in [-0.39, 0.29) is 5.91 Å². The lowest BCUT2D eigenvalue weighted by molar-refractivity contribution is -0.116. The molecule has 1 atom stereocenters. The Balaban J connectivity index is 2.09. The Morgan fingerprint density at radius 2 is 2.00 bits per heavy atom. The van der Waals surface area contributed by atoms with Crippen LogP contribution in [0.4, 0.5) is 11.6 Å². The molecule has 7 heteroatoms. The molecule has 1 heterocycles. The number of nitrogens with one attached hydrogen (secondary N) is 2. The van der Waals surface area contributed by atoms with E-state index < -0.39 is 6.04 Å². The average Bonchev–Trinajstić information content (AvgIpc) is 2.95. The number of rotatable bonds is 8. The van der Waals surface area contributed by atoms with Crippen LogP contribution in [-0.4, -0.2) is 30.3 Å². The van der Waals surface area contributed by atoms with E-state index in [1.54, 1.807) is 19.9 Å². The van der Waals surface area contributed by atoms with E-state index in [0.717, 1.165) is 0 Å². The predicted octanol–water partition coefficient (Wildman–Crippen LogP) is 3.22. The Kier molecular flexibility index (Phi) is 6.06. The number of ether oxygens (including phenoxy) is 2. The van der Waals surface area contributed by atoms with Gasteiger partial charge in [-0.2, -0.15) is 0 Å². The van der Waals surface area contributed by atoms with E-state index in [1.807, 2.05) is 32.0 Å². The van der Waals surface area contributed by atoms with Crippen LogP contribution in [0.2, 0.25) is 0 Å². The van der Waals surface area contributed by atoms with Gasteiger partial charge in [-0.1, -0.05) is 5.16 Å². The van der Waals surface area contributed by atoms with E-state index in [4.69, 9.17) is 14.0 Å². The third kappa shape index (κ3) is 4.65. The fourth-order valence-corrected chi connectivity index (χ4v) is 2.11. The van der Waals surface area contributed by atoms with Crippen molar-refractivity contribution in [3.8, 4) is 11.5 Å². The van der Waals surface area contributed by atoms with Gasteiger partial charge < -0.3 is 19.3 Å². The highest BCUT2D eigenvalue weighted by atomic mass is 16.5. The SMILES string of the molecule is CCOc1ccc(OCC)c(N[C@@H](C)C(=O)Nc2cc(C)no2)c1. The first-order valence-electron chi connectivity index (χ1n) is 7.93. The Morgan fingerprint density at radius 3 is 2.62 bits per heavy atom. The zero-order valence-electron chi connectivity index (χ0n) is 14.4. The van der Waals surface area contributed by atoms with Crippen LogP contribution in [0.15, 0.2) is 28.8 Å². The summed E-state index contributed by atoms with van der Waals surface area (Å²) in [7, 11) is 0. The predicted molar refractivity (Wildman–Crippen MR) is 91.7 cm³/mol. The topological polar surface area (TPSA) is 85.6 Å². The molecule has 0 saturated carbocycles. The quantitative estimate of drug-likeness (QED) is 0.771. The van der Waals surface area contributed by atoms with Crippen LogP contribution in [-0.2, 0) is 4.79 Å². The highest BCUT2D eigenvalue weighted by molar-refractivity contribution is 5.95. The third-order valence-electron chi connectivity index (χ3n) is 3.20. The molecule has 2 N–H and O–H groups in total. The first-order chi connectivity index (χ1) is 11.5. The summed E-state index contributed by atoms with van der Waals surface area (Å²) < 4.78 is 16.1. The molecule has 2 rings (SSSR count). The number of hydrogen-bond acceptors (Lipinski definition) is 6. The molecule has 0 spiro atoms. The maximum Gasteiger partial charge on any atom is 0.248 e. The van der Waals surface area contributed by atoms with Crippen molar-refractivity contribution in [3.63, 3.8) is 0 Å². The van der Waals surface area contributed by atoms with Crippen molar-refractivity contribution in [2.45, 2.75) is 33.7 Å². The molecule has 1 amide bonds. The van der Waals surface area contributed by atoms with Crippen LogP contribution in [0.5, 0.6) is 11.5 Å². The summed E-state index contributed by atoms with van der Waals surface area (Å²) in [6.45, 7) is 8.45. The summed E-state index contributed by atoms with van der Waals surface area (Å²) in [6.07, 6.45) is 0. The summed E-state index contributed by atoms with van der Waals surface area (Å²) in [4.78, 5) is 12.3. The van der Waals surface area contributed by atoms with Crippen LogP contribution < -0.4 is 20.1 Å². The molecule has 0 fully saturated rings. The van der Waals surface area contributed by atoms with Gasteiger partial charge in [0.05, 0.1) is 24.6 Å². The fraction of sp³-hybridized carbons (Fsp3) is 0.412. The minimum absolute atomic E-state index is 0.240. The molecule has 0 aliphatic rings. The van der Waals surface area contributed by atoms with Gasteiger partial charge in [0.2, 0.25) is 11.8 Å². The fourth-order valence-electron chi connectivity index (χ4n) is 2.11. The van der Waals surface area contributed by atoms with Gasteiger partial charge >= 0.3 is 0 Å². The number of nitrogens with zero attached hydrogens (tertiary/aromatic N) is 1. The first-order valence-corrected chi connectivity index (χ1v) is 7.93. The van der Waals surface area contributed by atoms with Crippen LogP contribution >= 0.6 is 0 Å². The molecule has 0 radical (unpaired) electrons. The van der Waals surface area contributed by atoms with Gasteiger partial charge in [0.15, 0.2) is 0 Å². The summed E-state index contributed by atoms with van der Waals surface area (Å²) in [5, 5.41) is 9.55. The Labute approximate surface area is 141 Å². The number of amides is 1. The highest BCUT2D eigenvalue weighted by Crippen LogP contribution is 2.30. The highest BCUT2D eigenvalue weighted by Gasteiger charge is 2.17. The molecule has 1 aromatic heterocycles. The van der Waals surface area contributed by atoms with Gasteiger partial charge in [-0.15, -0.1) is 0 Å². The van der Waals surface area contributed by atoms with Crippen molar-refractivity contribution in [2.24, 2.45) is 0 Å². The zero-order valence-corrected chi connectivity index (χ0v) is 14.4. The molecule has 7 nitrogen and oxygen atoms in total. The molecule has 130 valence electrons. The number of benzene rings is 1. The van der Waals surface area contributed by atoms with Gasteiger partial charge in [0, 0.05) is 12.1 Å². The maximum absolute atomic E-state index is 12.3. The molecular weight excluding hydrogens is 310 g/mol. The monoisotopic (exact) mass is 333 g/mol. The standard InChI is InChI=1S/C17H23N3O4/c1-5-22-13-7-8-15(23-6-2)14(10-13)18-12(4)17(21)19-16-9-11(3)20-24-16/h7-10,12,18H,5-6H2,1-4H3,(H,19,21)/t12-/m0/s1. The smallest absolute Gasteiger partial charge is 0.248 e. The van der Waals surface area contributed by atoms with Crippen LogP contribution in [0.3, 0.4) is 0 Å². The molecule has 24 heavy (non-hydrogen) atoms. The average molecular weight is 333 g/mol. The summed E-state index contributed by atoms with van der Waals surface area (Å²) >= 11 is 0. The third-order valence-corrected chi connectivity index (χ3v) is 3.20. The van der Waals surface area contributed by atoms with Gasteiger partial charge in [0.1, 0.15) is 17.5 Å². The molecule has 0 bridgehead atoms. The van der Waals surface area contributed by atoms with E-state index in [2.05, 4.69) is 15.8 Å². The first kappa shape index (κ1) is 17.7. The van der Waals surface area contributed by atoms with E-state index in [0.29, 0.717) is 42.0 Å². The summed E-state index contributed by atoms with van der Waals surface area (Å²) in [5.41, 5.74) is 1.40. The number of anilines is 2. The molecule has 0 aliphatic carbocycles. The zero-order chi connectivity index (χ0) is 17.5. The van der Waals surface area contributed by atoms with Crippen LogP contribution in [0, 0.1) is 6.92 Å². The van der Waals surface area contributed by atoms with Crippen molar-refractivity contribution >= 4 is 17.5 Å². The van der Waals surface area contributed by atoms with Crippen LogP contribution in [0.1, 0.15) is 26.5 Å². The Bertz CT molecular complexity index is 684. The number of aromatic nitrogens is 1. The van der Waals surface area contributed by atoms with Crippen molar-refractivity contribution in [1.29, 1.82) is 0 Å². The molecule has 0 unspecified atom stereocenters. The van der Waals surface area contributed by atoms with E-state index in [1.165, 1.54) is 0 Å². The van der Waals surface area contributed by atoms with E-state index >= 15 is 0 Å². The number of aryl methyl sites for hydroxylation is 1. The van der Waals surface area contributed by atoms with Crippen molar-refractivity contribution < 1.29 is 18.8 Å². The lowest BCUT2D eigenvalue weighted by atomic mass is 10.2. The normalized spacial score (nSPS) is 11.7. The molecule has 2 aromatic rings. The van der Waals surface area contributed by atoms with Crippen molar-refractivity contribution in [2.75, 3.05) is 23.8 Å². The lowest BCUT2D eigenvalue weighted by Gasteiger charge is -2.18. The van der Waals surface area contributed by atoms with Crippen LogP contribution in [0.25, 0.3) is 0 Å². The van der Waals surface area contributed by atoms with Crippen molar-refractivity contribution in [1.82, 2.24) is 5.16 Å². The molecule has 0 saturated heterocycles. The Morgan fingerprint density at radius 1 is 1.25 bits per heavy atom. The van der Waals surface area contributed by atoms with Gasteiger partial charge in [-0.3, -0.25) is 10.1 Å². The van der Waals surface area contributed by atoms with Gasteiger partial charge in [-0.05, 0) is 39.8 Å². The van der Waals surface area contributed by atoms with Gasteiger partial charge in [-0.25, -0.2) is 0 Å². The summed E-state index contributed by atoms with van der Waals surface area (Å²) in [5.74, 6) is 1.45. The van der Waals surface area contributed by atoms with Gasteiger partial charge in [0.25, 0.3) is 0 Å². The second-order valence-electron chi connectivity index (χ2n) is 5.21. The number of hydrogen-bond donors (Lipinski definition) is 2. The van der Waals surface area contributed by atoms with E-state index in [9.17, 15) is 4.79 Å². The molecule has 1 aromatic carbocycles. The molecule has 0 aliphatic heterocycles. The Hall–Kier alpha value is -2.70. The number of carbonyl (C=O) groups is 1. The maximum atomic E-state index is 12.3. The second-order valence-corrected chi connectivity index (χ2v) is 5.21. The summed E-state index contributed by atoms with van der Waals surface area (Å²) in [6, 6.07) is 6.62. The minimum Gasteiger partial charge on any atom is -0.494 e. The lowest BCUT2D eigenvalue weighted by Crippen LogP contribution is -2.31. The minimum atomic E-state index is -0.508. The molecular formula is C17H23N3O4.